The first-order chi connectivity index (χ1) is 21.4. The Morgan fingerprint density at radius 1 is 1.11 bits per heavy atom. The van der Waals surface area contributed by atoms with Gasteiger partial charge in [-0.05, 0) is 94.2 Å². The van der Waals surface area contributed by atoms with Gasteiger partial charge < -0.3 is 23.8 Å². The van der Waals surface area contributed by atoms with Gasteiger partial charge in [0.2, 0.25) is 0 Å². The summed E-state index contributed by atoms with van der Waals surface area (Å²) in [4.78, 5) is 47.1. The number of hydrogen-bond acceptors (Lipinski definition) is 6. The second-order valence-corrected chi connectivity index (χ2v) is 13.3. The van der Waals surface area contributed by atoms with Crippen molar-refractivity contribution in [3.05, 3.63) is 75.6 Å². The summed E-state index contributed by atoms with van der Waals surface area (Å²) in [5.41, 5.74) is 3.48. The van der Waals surface area contributed by atoms with Gasteiger partial charge in [0.1, 0.15) is 11.4 Å². The van der Waals surface area contributed by atoms with Crippen LogP contribution in [0.5, 0.6) is 0 Å². The van der Waals surface area contributed by atoms with E-state index in [0.717, 1.165) is 43.5 Å². The molecular weight excluding hydrogens is 599 g/mol. The molecule has 0 bridgehead atoms. The van der Waals surface area contributed by atoms with Gasteiger partial charge in [-0.1, -0.05) is 23.7 Å². The fourth-order valence-corrected chi connectivity index (χ4v) is 6.97. The van der Waals surface area contributed by atoms with Crippen molar-refractivity contribution in [3.63, 3.8) is 0 Å². The maximum atomic E-state index is 15.6. The van der Waals surface area contributed by atoms with Crippen LogP contribution in [0.4, 0.5) is 9.18 Å². The summed E-state index contributed by atoms with van der Waals surface area (Å²) in [6.45, 7) is 9.30. The summed E-state index contributed by atoms with van der Waals surface area (Å²) < 4.78 is 28.5. The zero-order valence-electron chi connectivity index (χ0n) is 26.1. The summed E-state index contributed by atoms with van der Waals surface area (Å²) in [5.74, 6) is -1.37. The van der Waals surface area contributed by atoms with E-state index in [0.29, 0.717) is 34.9 Å². The van der Waals surface area contributed by atoms with Crippen molar-refractivity contribution in [1.82, 2.24) is 19.4 Å². The summed E-state index contributed by atoms with van der Waals surface area (Å²) in [5, 5.41) is 0.549. The van der Waals surface area contributed by atoms with Crippen molar-refractivity contribution >= 4 is 29.6 Å². The number of esters is 1. The number of nitrogens with zero attached hydrogens (tertiary/aromatic N) is 4. The first-order valence-corrected chi connectivity index (χ1v) is 15.9. The molecule has 3 aliphatic heterocycles. The standard InChI is InChI=1S/C34H38ClFN4O5/c1-5-44-32(42)30(29-28-7-6-12-39(28)19-37-29)40-18-25-24(31(40)41)15-22(17-27(25)36)21-8-9-23(26(35)16-21)20-10-13-38(14-11-20)33(43)45-34(2,3)4/h8-9,15-17,19-20,30H,5-7,10-14,18H2,1-4H3. The Balaban J connectivity index is 1.22. The summed E-state index contributed by atoms with van der Waals surface area (Å²) in [7, 11) is 0. The number of imidazole rings is 1. The number of amides is 2. The van der Waals surface area contributed by atoms with Crippen LogP contribution in [0.3, 0.4) is 0 Å². The van der Waals surface area contributed by atoms with Crippen LogP contribution in [0.25, 0.3) is 11.1 Å². The Labute approximate surface area is 267 Å². The average Bonchev–Trinajstić information content (AvgIpc) is 3.69. The third-order valence-corrected chi connectivity index (χ3v) is 9.13. The minimum Gasteiger partial charge on any atom is -0.464 e. The van der Waals surface area contributed by atoms with Gasteiger partial charge in [-0.15, -0.1) is 0 Å². The second kappa shape index (κ2) is 12.1. The van der Waals surface area contributed by atoms with Crippen LogP contribution in [0.1, 0.15) is 91.8 Å². The zero-order valence-corrected chi connectivity index (χ0v) is 26.8. The highest BCUT2D eigenvalue weighted by atomic mass is 35.5. The highest BCUT2D eigenvalue weighted by Crippen LogP contribution is 2.40. The van der Waals surface area contributed by atoms with E-state index in [-0.39, 0.29) is 36.3 Å². The van der Waals surface area contributed by atoms with E-state index in [1.807, 2.05) is 37.5 Å². The predicted octanol–water partition coefficient (Wildman–Crippen LogP) is 6.66. The highest BCUT2D eigenvalue weighted by Gasteiger charge is 2.42. The van der Waals surface area contributed by atoms with Crippen molar-refractivity contribution in [2.24, 2.45) is 0 Å². The molecule has 45 heavy (non-hydrogen) atoms. The predicted molar refractivity (Wildman–Crippen MR) is 166 cm³/mol. The molecule has 2 amide bonds. The first kappa shape index (κ1) is 31.1. The van der Waals surface area contributed by atoms with E-state index in [9.17, 15) is 14.4 Å². The molecule has 3 aliphatic rings. The lowest BCUT2D eigenvalue weighted by molar-refractivity contribution is -0.149. The van der Waals surface area contributed by atoms with Gasteiger partial charge in [-0.2, -0.15) is 0 Å². The van der Waals surface area contributed by atoms with Crippen molar-refractivity contribution in [2.45, 2.75) is 84.0 Å². The number of rotatable bonds is 6. The summed E-state index contributed by atoms with van der Waals surface area (Å²) >= 11 is 6.78. The normalized spacial score (nSPS) is 17.3. The van der Waals surface area contributed by atoms with Gasteiger partial charge in [0.25, 0.3) is 5.91 Å². The number of hydrogen-bond donors (Lipinski definition) is 0. The lowest BCUT2D eigenvalue weighted by Crippen LogP contribution is -2.41. The van der Waals surface area contributed by atoms with E-state index in [2.05, 4.69) is 4.98 Å². The minimum atomic E-state index is -1.06. The molecule has 1 atom stereocenters. The number of piperidine rings is 1. The fraction of sp³-hybridized carbons (Fsp3) is 0.471. The van der Waals surface area contributed by atoms with E-state index in [1.165, 1.54) is 11.0 Å². The zero-order chi connectivity index (χ0) is 32.0. The largest absolute Gasteiger partial charge is 0.464 e. The topological polar surface area (TPSA) is 94.0 Å². The molecule has 2 aromatic carbocycles. The molecule has 4 heterocycles. The number of halogens is 2. The number of benzene rings is 2. The summed E-state index contributed by atoms with van der Waals surface area (Å²) in [6.07, 6.45) is 4.55. The van der Waals surface area contributed by atoms with Crippen LogP contribution in [0, 0.1) is 5.82 Å². The van der Waals surface area contributed by atoms with Crippen molar-refractivity contribution in [1.29, 1.82) is 0 Å². The summed E-state index contributed by atoms with van der Waals surface area (Å²) in [6, 6.07) is 7.65. The quantitative estimate of drug-likeness (QED) is 0.281. The van der Waals surface area contributed by atoms with Gasteiger partial charge in [0, 0.05) is 41.5 Å². The highest BCUT2D eigenvalue weighted by molar-refractivity contribution is 6.31. The molecular formula is C34H38ClFN4O5. The average molecular weight is 637 g/mol. The van der Waals surface area contributed by atoms with Gasteiger partial charge in [-0.3, -0.25) is 4.79 Å². The molecule has 9 nitrogen and oxygen atoms in total. The van der Waals surface area contributed by atoms with Gasteiger partial charge in [0.05, 0.1) is 25.2 Å². The van der Waals surface area contributed by atoms with Crippen LogP contribution < -0.4 is 0 Å². The van der Waals surface area contributed by atoms with E-state index in [1.54, 1.807) is 30.3 Å². The molecule has 1 saturated heterocycles. The van der Waals surface area contributed by atoms with Crippen LogP contribution in [-0.4, -0.2) is 62.6 Å². The molecule has 0 aliphatic carbocycles. The van der Waals surface area contributed by atoms with E-state index >= 15 is 4.39 Å². The molecule has 0 saturated carbocycles. The Morgan fingerprint density at radius 2 is 1.87 bits per heavy atom. The van der Waals surface area contributed by atoms with Crippen LogP contribution >= 0.6 is 11.6 Å². The molecule has 6 rings (SSSR count). The maximum absolute atomic E-state index is 15.6. The molecule has 238 valence electrons. The molecule has 1 aromatic heterocycles. The van der Waals surface area contributed by atoms with Gasteiger partial charge >= 0.3 is 12.1 Å². The second-order valence-electron chi connectivity index (χ2n) is 12.9. The molecule has 1 unspecified atom stereocenters. The third-order valence-electron chi connectivity index (χ3n) is 8.81. The Morgan fingerprint density at radius 3 is 2.56 bits per heavy atom. The lowest BCUT2D eigenvalue weighted by atomic mass is 9.88. The number of aromatic nitrogens is 2. The molecule has 0 N–H and O–H groups in total. The third kappa shape index (κ3) is 6.04. The first-order valence-electron chi connectivity index (χ1n) is 15.6. The molecule has 0 spiro atoms. The number of aryl methyl sites for hydroxylation is 1. The fourth-order valence-electron chi connectivity index (χ4n) is 6.64. The van der Waals surface area contributed by atoms with Crippen molar-refractivity contribution in [3.8, 4) is 11.1 Å². The van der Waals surface area contributed by atoms with Crippen LogP contribution in [-0.2, 0) is 33.8 Å². The van der Waals surface area contributed by atoms with E-state index < -0.39 is 29.3 Å². The van der Waals surface area contributed by atoms with Crippen LogP contribution in [0.2, 0.25) is 5.02 Å². The van der Waals surface area contributed by atoms with E-state index in [4.69, 9.17) is 21.1 Å². The lowest BCUT2D eigenvalue weighted by Gasteiger charge is -2.34. The Kier molecular flexibility index (Phi) is 8.37. The molecule has 11 heteroatoms. The smallest absolute Gasteiger partial charge is 0.410 e. The van der Waals surface area contributed by atoms with Crippen LogP contribution in [0.15, 0.2) is 36.7 Å². The molecule has 0 radical (unpaired) electrons. The molecule has 3 aromatic rings. The van der Waals surface area contributed by atoms with Gasteiger partial charge in [-0.25, -0.2) is 19.0 Å². The number of carbonyl (C=O) groups is 3. The monoisotopic (exact) mass is 636 g/mol. The van der Waals surface area contributed by atoms with Crippen molar-refractivity contribution in [2.75, 3.05) is 19.7 Å². The number of carbonyl (C=O) groups excluding carboxylic acids is 3. The van der Waals surface area contributed by atoms with Gasteiger partial charge in [0.15, 0.2) is 6.04 Å². The maximum Gasteiger partial charge on any atom is 0.410 e. The Hall–Kier alpha value is -3.92. The SMILES string of the molecule is CCOC(=O)C(c1ncn2c1CCC2)N1Cc2c(F)cc(-c3ccc(C4CCN(C(=O)OC(C)(C)C)CC4)c(Cl)c3)cc2C1=O. The van der Waals surface area contributed by atoms with Crippen molar-refractivity contribution < 1.29 is 28.2 Å². The number of likely N-dealkylation sites (tertiary alicyclic amines) is 1. The molecule has 1 fully saturated rings. The number of ether oxygens (including phenoxy) is 2. The Bertz CT molecular complexity index is 1660. The minimum absolute atomic E-state index is 0.0578. The number of fused-ring (bicyclic) bond motifs is 2.